The van der Waals surface area contributed by atoms with Crippen molar-refractivity contribution < 1.29 is 9.47 Å². The van der Waals surface area contributed by atoms with Crippen molar-refractivity contribution in [2.75, 3.05) is 19.8 Å². The summed E-state index contributed by atoms with van der Waals surface area (Å²) in [5.74, 6) is 1.34. The van der Waals surface area contributed by atoms with Crippen LogP contribution in [0.25, 0.3) is 0 Å². The first-order valence-corrected chi connectivity index (χ1v) is 5.80. The van der Waals surface area contributed by atoms with Gasteiger partial charge >= 0.3 is 0 Å². The van der Waals surface area contributed by atoms with Gasteiger partial charge in [0, 0.05) is 6.61 Å². The molecule has 0 unspecified atom stereocenters. The summed E-state index contributed by atoms with van der Waals surface area (Å²) in [5.41, 5.74) is 0. The zero-order chi connectivity index (χ0) is 11.1. The molecule has 0 amide bonds. The highest BCUT2D eigenvalue weighted by atomic mass is 79.9. The molecule has 0 atom stereocenters. The largest absolute Gasteiger partial charge is 0.490 e. The molecule has 1 heterocycles. The lowest BCUT2D eigenvalue weighted by Gasteiger charge is -2.08. The zero-order valence-electron chi connectivity index (χ0n) is 9.07. The molecule has 1 aromatic heterocycles. The van der Waals surface area contributed by atoms with E-state index >= 15 is 0 Å². The Morgan fingerprint density at radius 2 is 2.13 bits per heavy atom. The van der Waals surface area contributed by atoms with Gasteiger partial charge in [0.25, 0.3) is 0 Å². The molecule has 0 bridgehead atoms. The van der Waals surface area contributed by atoms with Crippen molar-refractivity contribution in [1.29, 1.82) is 0 Å². The molecule has 0 aromatic carbocycles. The van der Waals surface area contributed by atoms with Crippen LogP contribution >= 0.6 is 15.9 Å². The van der Waals surface area contributed by atoms with Crippen molar-refractivity contribution in [1.82, 2.24) is 4.98 Å². The monoisotopic (exact) mass is 273 g/mol. The average molecular weight is 274 g/mol. The van der Waals surface area contributed by atoms with Gasteiger partial charge in [-0.3, -0.25) is 0 Å². The molecule has 0 aliphatic carbocycles. The van der Waals surface area contributed by atoms with E-state index in [2.05, 4.69) is 34.8 Å². The molecule has 0 N–H and O–H groups in total. The Balaban J connectivity index is 2.12. The summed E-state index contributed by atoms with van der Waals surface area (Å²) in [5, 5.41) is 0. The molecule has 15 heavy (non-hydrogen) atoms. The van der Waals surface area contributed by atoms with E-state index in [9.17, 15) is 0 Å². The number of aromatic nitrogens is 1. The van der Waals surface area contributed by atoms with Crippen LogP contribution < -0.4 is 4.74 Å². The third-order valence-electron chi connectivity index (χ3n) is 1.65. The van der Waals surface area contributed by atoms with Crippen molar-refractivity contribution in [2.45, 2.75) is 13.8 Å². The molecule has 0 saturated heterocycles. The van der Waals surface area contributed by atoms with Crippen molar-refractivity contribution in [3.05, 3.63) is 22.9 Å². The second-order valence-electron chi connectivity index (χ2n) is 3.63. The Labute approximate surface area is 98.9 Å². The first-order chi connectivity index (χ1) is 7.18. The summed E-state index contributed by atoms with van der Waals surface area (Å²) in [7, 11) is 0. The van der Waals surface area contributed by atoms with Gasteiger partial charge in [-0.2, -0.15) is 0 Å². The quantitative estimate of drug-likeness (QED) is 0.590. The van der Waals surface area contributed by atoms with E-state index in [0.29, 0.717) is 19.1 Å². The van der Waals surface area contributed by atoms with Crippen molar-refractivity contribution in [3.63, 3.8) is 0 Å². The second-order valence-corrected chi connectivity index (χ2v) is 4.45. The molecule has 1 rings (SSSR count). The van der Waals surface area contributed by atoms with Crippen LogP contribution in [0.4, 0.5) is 0 Å². The van der Waals surface area contributed by atoms with Crippen LogP contribution in [0.15, 0.2) is 22.9 Å². The summed E-state index contributed by atoms with van der Waals surface area (Å²) in [4.78, 5) is 4.06. The zero-order valence-corrected chi connectivity index (χ0v) is 10.7. The summed E-state index contributed by atoms with van der Waals surface area (Å²) < 4.78 is 11.6. The predicted molar refractivity (Wildman–Crippen MR) is 63.1 cm³/mol. The standard InChI is InChI=1S/C11H16BrNO2/c1-9(2)8-14-5-6-15-10-3-4-11(12)13-7-10/h3-4,7,9H,5-6,8H2,1-2H3. The van der Waals surface area contributed by atoms with E-state index in [4.69, 9.17) is 9.47 Å². The minimum Gasteiger partial charge on any atom is -0.490 e. The fraction of sp³-hybridized carbons (Fsp3) is 0.545. The van der Waals surface area contributed by atoms with Crippen molar-refractivity contribution >= 4 is 15.9 Å². The van der Waals surface area contributed by atoms with Crippen LogP contribution in [0.1, 0.15) is 13.8 Å². The molecule has 0 aliphatic rings. The van der Waals surface area contributed by atoms with E-state index in [-0.39, 0.29) is 0 Å². The van der Waals surface area contributed by atoms with E-state index in [1.807, 2.05) is 12.1 Å². The van der Waals surface area contributed by atoms with Gasteiger partial charge in [0.15, 0.2) is 0 Å². The molecule has 4 heteroatoms. The van der Waals surface area contributed by atoms with Gasteiger partial charge in [0.05, 0.1) is 12.8 Å². The highest BCUT2D eigenvalue weighted by molar-refractivity contribution is 9.10. The topological polar surface area (TPSA) is 31.4 Å². The Hall–Kier alpha value is -0.610. The van der Waals surface area contributed by atoms with Gasteiger partial charge < -0.3 is 9.47 Å². The van der Waals surface area contributed by atoms with Gasteiger partial charge in [-0.05, 0) is 34.0 Å². The van der Waals surface area contributed by atoms with Crippen molar-refractivity contribution in [2.24, 2.45) is 5.92 Å². The van der Waals surface area contributed by atoms with E-state index in [1.165, 1.54) is 0 Å². The maximum absolute atomic E-state index is 5.43. The number of ether oxygens (including phenoxy) is 2. The maximum Gasteiger partial charge on any atom is 0.137 e. The third-order valence-corrected chi connectivity index (χ3v) is 2.12. The fourth-order valence-corrected chi connectivity index (χ4v) is 1.22. The van der Waals surface area contributed by atoms with Gasteiger partial charge in [-0.25, -0.2) is 4.98 Å². The normalized spacial score (nSPS) is 10.7. The van der Waals surface area contributed by atoms with Gasteiger partial charge in [-0.1, -0.05) is 13.8 Å². The average Bonchev–Trinajstić information content (AvgIpc) is 2.20. The highest BCUT2D eigenvalue weighted by Crippen LogP contribution is 2.12. The summed E-state index contributed by atoms with van der Waals surface area (Å²) >= 11 is 3.26. The second kappa shape index (κ2) is 6.80. The first-order valence-electron chi connectivity index (χ1n) is 5.00. The van der Waals surface area contributed by atoms with E-state index in [1.54, 1.807) is 6.20 Å². The summed E-state index contributed by atoms with van der Waals surface area (Å²) in [6, 6.07) is 3.73. The van der Waals surface area contributed by atoms with E-state index < -0.39 is 0 Å². The van der Waals surface area contributed by atoms with E-state index in [0.717, 1.165) is 17.0 Å². The van der Waals surface area contributed by atoms with Crippen LogP contribution in [-0.4, -0.2) is 24.8 Å². The number of hydrogen-bond acceptors (Lipinski definition) is 3. The number of halogens is 1. The number of pyridine rings is 1. The van der Waals surface area contributed by atoms with Crippen molar-refractivity contribution in [3.8, 4) is 5.75 Å². The fourth-order valence-electron chi connectivity index (χ4n) is 0.985. The Kier molecular flexibility index (Phi) is 5.65. The number of rotatable bonds is 6. The molecule has 0 saturated carbocycles. The minimum absolute atomic E-state index is 0.566. The highest BCUT2D eigenvalue weighted by Gasteiger charge is 1.96. The maximum atomic E-state index is 5.43. The lowest BCUT2D eigenvalue weighted by molar-refractivity contribution is 0.0818. The molecule has 0 aliphatic heterocycles. The summed E-state index contributed by atoms with van der Waals surface area (Å²) in [6.07, 6.45) is 1.69. The van der Waals surface area contributed by atoms with Gasteiger partial charge in [-0.15, -0.1) is 0 Å². The molecule has 1 aromatic rings. The molecular weight excluding hydrogens is 258 g/mol. The third kappa shape index (κ3) is 5.74. The van der Waals surface area contributed by atoms with Gasteiger partial charge in [0.2, 0.25) is 0 Å². The molecule has 0 fully saturated rings. The Bertz CT molecular complexity index is 274. The lowest BCUT2D eigenvalue weighted by Crippen LogP contribution is -2.10. The van der Waals surface area contributed by atoms with Crippen LogP contribution in [0.2, 0.25) is 0 Å². The molecule has 0 radical (unpaired) electrons. The lowest BCUT2D eigenvalue weighted by atomic mass is 10.2. The molecule has 0 spiro atoms. The predicted octanol–water partition coefficient (Wildman–Crippen LogP) is 2.90. The SMILES string of the molecule is CC(C)COCCOc1ccc(Br)nc1. The minimum atomic E-state index is 0.566. The smallest absolute Gasteiger partial charge is 0.137 e. The van der Waals surface area contributed by atoms with Gasteiger partial charge in [0.1, 0.15) is 17.0 Å². The number of hydrogen-bond donors (Lipinski definition) is 0. The number of nitrogens with zero attached hydrogens (tertiary/aromatic N) is 1. The van der Waals surface area contributed by atoms with Crippen LogP contribution in [-0.2, 0) is 4.74 Å². The van der Waals surface area contributed by atoms with Crippen LogP contribution in [0.5, 0.6) is 5.75 Å². The Morgan fingerprint density at radius 1 is 1.33 bits per heavy atom. The van der Waals surface area contributed by atoms with Crippen LogP contribution in [0, 0.1) is 5.92 Å². The van der Waals surface area contributed by atoms with Crippen LogP contribution in [0.3, 0.4) is 0 Å². The summed E-state index contributed by atoms with van der Waals surface area (Å²) in [6.45, 7) is 6.21. The molecular formula is C11H16BrNO2. The Morgan fingerprint density at radius 3 is 2.73 bits per heavy atom. The molecule has 84 valence electrons. The first kappa shape index (κ1) is 12.5. The molecule has 3 nitrogen and oxygen atoms in total.